The largest absolute Gasteiger partial charge is 0.128 e. The molecule has 0 radical (unpaired) electrons. The van der Waals surface area contributed by atoms with Crippen LogP contribution in [0.15, 0.2) is 68.2 Å². The Balaban J connectivity index is 1.79. The van der Waals surface area contributed by atoms with Crippen molar-refractivity contribution in [1.29, 1.82) is 0 Å². The third-order valence-corrected chi connectivity index (χ3v) is 6.90. The second-order valence-corrected chi connectivity index (χ2v) is 9.91. The summed E-state index contributed by atoms with van der Waals surface area (Å²) in [7, 11) is 0. The van der Waals surface area contributed by atoms with Crippen LogP contribution >= 0.6 is 54.5 Å². The van der Waals surface area contributed by atoms with Crippen molar-refractivity contribution in [2.75, 3.05) is 0 Å². The standard InChI is InChI=1S/C18H10Br2S2/c19-17-7-5-15(21-17)13-3-1-11-9-14(4-2-12(11)10-13)16-6-8-18(20)22-16/h1-10H. The monoisotopic (exact) mass is 448 g/mol. The Labute approximate surface area is 153 Å². The second kappa shape index (κ2) is 5.93. The van der Waals surface area contributed by atoms with Gasteiger partial charge >= 0.3 is 0 Å². The minimum atomic E-state index is 1.17. The van der Waals surface area contributed by atoms with Gasteiger partial charge in [-0.2, -0.15) is 0 Å². The van der Waals surface area contributed by atoms with Crippen LogP contribution < -0.4 is 0 Å². The van der Waals surface area contributed by atoms with Crippen LogP contribution in [0.25, 0.3) is 31.7 Å². The van der Waals surface area contributed by atoms with E-state index in [-0.39, 0.29) is 0 Å². The maximum Gasteiger partial charge on any atom is 0.0705 e. The molecule has 0 spiro atoms. The highest BCUT2D eigenvalue weighted by molar-refractivity contribution is 9.11. The normalized spacial score (nSPS) is 11.2. The smallest absolute Gasteiger partial charge is 0.0705 e. The molecule has 2 heterocycles. The summed E-state index contributed by atoms with van der Waals surface area (Å²) in [6.45, 7) is 0. The van der Waals surface area contributed by atoms with E-state index in [1.54, 1.807) is 22.7 Å². The number of benzene rings is 2. The molecule has 2 aromatic carbocycles. The van der Waals surface area contributed by atoms with Gasteiger partial charge < -0.3 is 0 Å². The maximum atomic E-state index is 3.53. The van der Waals surface area contributed by atoms with Gasteiger partial charge in [0.25, 0.3) is 0 Å². The zero-order valence-corrected chi connectivity index (χ0v) is 16.2. The molecule has 0 saturated carbocycles. The number of halogens is 2. The molecule has 0 bridgehead atoms. The Morgan fingerprint density at radius 3 is 1.36 bits per heavy atom. The van der Waals surface area contributed by atoms with Crippen molar-refractivity contribution in [3.05, 3.63) is 68.2 Å². The van der Waals surface area contributed by atoms with Crippen molar-refractivity contribution < 1.29 is 0 Å². The van der Waals surface area contributed by atoms with Crippen molar-refractivity contribution in [2.24, 2.45) is 0 Å². The minimum Gasteiger partial charge on any atom is -0.128 e. The molecule has 0 aliphatic heterocycles. The molecule has 2 aromatic heterocycles. The lowest BCUT2D eigenvalue weighted by Gasteiger charge is -2.04. The highest BCUT2D eigenvalue weighted by atomic mass is 79.9. The van der Waals surface area contributed by atoms with E-state index in [1.807, 2.05) is 0 Å². The first-order chi connectivity index (χ1) is 10.7. The average Bonchev–Trinajstić information content (AvgIpc) is 3.15. The predicted octanol–water partition coefficient (Wildman–Crippen LogP) is 7.82. The van der Waals surface area contributed by atoms with E-state index >= 15 is 0 Å². The summed E-state index contributed by atoms with van der Waals surface area (Å²) in [4.78, 5) is 2.58. The molecule has 0 fully saturated rings. The lowest BCUT2D eigenvalue weighted by atomic mass is 10.0. The molecule has 0 aliphatic carbocycles. The van der Waals surface area contributed by atoms with Gasteiger partial charge in [-0.25, -0.2) is 0 Å². The highest BCUT2D eigenvalue weighted by Crippen LogP contribution is 2.35. The number of thiophene rings is 2. The van der Waals surface area contributed by atoms with E-state index in [4.69, 9.17) is 0 Å². The topological polar surface area (TPSA) is 0 Å². The molecule has 22 heavy (non-hydrogen) atoms. The Kier molecular flexibility index (Phi) is 3.95. The first kappa shape index (κ1) is 14.6. The lowest BCUT2D eigenvalue weighted by molar-refractivity contribution is 1.72. The van der Waals surface area contributed by atoms with Crippen molar-refractivity contribution in [2.45, 2.75) is 0 Å². The van der Waals surface area contributed by atoms with Gasteiger partial charge in [0.2, 0.25) is 0 Å². The van der Waals surface area contributed by atoms with Crippen molar-refractivity contribution in [3.8, 4) is 20.9 Å². The van der Waals surface area contributed by atoms with Gasteiger partial charge in [0.1, 0.15) is 0 Å². The first-order valence-corrected chi connectivity index (χ1v) is 9.96. The van der Waals surface area contributed by atoms with Crippen LogP contribution in [0.2, 0.25) is 0 Å². The minimum absolute atomic E-state index is 1.17. The van der Waals surface area contributed by atoms with Crippen LogP contribution in [0.1, 0.15) is 0 Å². The molecule has 108 valence electrons. The van der Waals surface area contributed by atoms with Gasteiger partial charge in [0, 0.05) is 9.75 Å². The molecule has 0 unspecified atom stereocenters. The Morgan fingerprint density at radius 1 is 0.545 bits per heavy atom. The van der Waals surface area contributed by atoms with E-state index in [0.29, 0.717) is 0 Å². The molecule has 4 heteroatoms. The SMILES string of the molecule is Brc1ccc(-c2ccc3cc(-c4ccc(Br)s4)ccc3c2)s1. The van der Waals surface area contributed by atoms with Gasteiger partial charge in [-0.15, -0.1) is 22.7 Å². The first-order valence-electron chi connectivity index (χ1n) is 6.74. The summed E-state index contributed by atoms with van der Waals surface area (Å²) in [6, 6.07) is 21.9. The highest BCUT2D eigenvalue weighted by Gasteiger charge is 2.05. The van der Waals surface area contributed by atoms with Crippen molar-refractivity contribution >= 4 is 65.3 Å². The molecular formula is C18H10Br2S2. The summed E-state index contributed by atoms with van der Waals surface area (Å²) in [5.41, 5.74) is 2.55. The van der Waals surface area contributed by atoms with Gasteiger partial charge in [-0.3, -0.25) is 0 Å². The van der Waals surface area contributed by atoms with Gasteiger partial charge in [-0.05, 0) is 90.2 Å². The van der Waals surface area contributed by atoms with E-state index in [0.717, 1.165) is 0 Å². The molecular weight excluding hydrogens is 440 g/mol. The van der Waals surface area contributed by atoms with Crippen LogP contribution in [0.5, 0.6) is 0 Å². The Bertz CT molecular complexity index is 887. The zero-order chi connectivity index (χ0) is 15.1. The fraction of sp³-hybridized carbons (Fsp3) is 0. The summed E-state index contributed by atoms with van der Waals surface area (Å²) < 4.78 is 2.34. The van der Waals surface area contributed by atoms with E-state index < -0.39 is 0 Å². The van der Waals surface area contributed by atoms with E-state index in [1.165, 1.54) is 39.2 Å². The Morgan fingerprint density at radius 2 is 1.00 bits per heavy atom. The van der Waals surface area contributed by atoms with Crippen molar-refractivity contribution in [3.63, 3.8) is 0 Å². The molecule has 0 nitrogen and oxygen atoms in total. The lowest BCUT2D eigenvalue weighted by Crippen LogP contribution is -1.78. The predicted molar refractivity (Wildman–Crippen MR) is 106 cm³/mol. The zero-order valence-electron chi connectivity index (χ0n) is 11.3. The summed E-state index contributed by atoms with van der Waals surface area (Å²) in [6.07, 6.45) is 0. The number of hydrogen-bond donors (Lipinski definition) is 0. The maximum absolute atomic E-state index is 3.53. The summed E-state index contributed by atoms with van der Waals surface area (Å²) >= 11 is 10.6. The molecule has 0 saturated heterocycles. The molecule has 0 amide bonds. The van der Waals surface area contributed by atoms with Gasteiger partial charge in [-0.1, -0.05) is 24.3 Å². The van der Waals surface area contributed by atoms with Crippen molar-refractivity contribution in [1.82, 2.24) is 0 Å². The van der Waals surface area contributed by atoms with E-state index in [9.17, 15) is 0 Å². The molecule has 0 N–H and O–H groups in total. The van der Waals surface area contributed by atoms with Crippen LogP contribution in [0, 0.1) is 0 Å². The average molecular weight is 450 g/mol. The Hall–Kier alpha value is -0.940. The van der Waals surface area contributed by atoms with E-state index in [2.05, 4.69) is 92.5 Å². The third-order valence-electron chi connectivity index (χ3n) is 3.56. The van der Waals surface area contributed by atoms with Crippen LogP contribution in [0.4, 0.5) is 0 Å². The third kappa shape index (κ3) is 2.81. The summed E-state index contributed by atoms with van der Waals surface area (Å²) in [5.74, 6) is 0. The number of fused-ring (bicyclic) bond motifs is 1. The molecule has 0 aliphatic rings. The van der Waals surface area contributed by atoms with Crippen LogP contribution in [-0.4, -0.2) is 0 Å². The fourth-order valence-corrected chi connectivity index (χ4v) is 5.26. The second-order valence-electron chi connectivity index (χ2n) is 4.98. The van der Waals surface area contributed by atoms with Gasteiger partial charge in [0.05, 0.1) is 7.57 Å². The van der Waals surface area contributed by atoms with Crippen LogP contribution in [-0.2, 0) is 0 Å². The van der Waals surface area contributed by atoms with Gasteiger partial charge in [0.15, 0.2) is 0 Å². The molecule has 4 aromatic rings. The quantitative estimate of drug-likeness (QED) is 0.292. The molecule has 4 rings (SSSR count). The number of hydrogen-bond acceptors (Lipinski definition) is 2. The summed E-state index contributed by atoms with van der Waals surface area (Å²) in [5, 5.41) is 2.56. The fourth-order valence-electron chi connectivity index (χ4n) is 2.49. The molecule has 0 atom stereocenters. The van der Waals surface area contributed by atoms with Crippen LogP contribution in [0.3, 0.4) is 0 Å². The number of rotatable bonds is 2.